The van der Waals surface area contributed by atoms with Gasteiger partial charge in [-0.1, -0.05) is 29.8 Å². The first-order valence-electron chi connectivity index (χ1n) is 7.37. The van der Waals surface area contributed by atoms with Crippen LogP contribution in [-0.2, 0) is 19.1 Å². The molecule has 0 radical (unpaired) electrons. The van der Waals surface area contributed by atoms with Gasteiger partial charge in [0.25, 0.3) is 0 Å². The second-order valence-corrected chi connectivity index (χ2v) is 6.13. The van der Waals surface area contributed by atoms with Gasteiger partial charge in [0.05, 0.1) is 5.56 Å². The van der Waals surface area contributed by atoms with Gasteiger partial charge in [-0.3, -0.25) is 0 Å². The number of nitrogens with one attached hydrogen (secondary N) is 2. The lowest BCUT2D eigenvalue weighted by molar-refractivity contribution is -0.137. The van der Waals surface area contributed by atoms with Gasteiger partial charge in [0.15, 0.2) is 5.11 Å². The van der Waals surface area contributed by atoms with Crippen molar-refractivity contribution in [2.24, 2.45) is 0 Å². The third kappa shape index (κ3) is 6.17. The summed E-state index contributed by atoms with van der Waals surface area (Å²) in [6, 6.07) is 9.81. The molecule has 0 saturated heterocycles. The number of hydrogen-bond donors (Lipinski definition) is 2. The summed E-state index contributed by atoms with van der Waals surface area (Å²) in [6.45, 7) is 0.555. The molecule has 0 atom stereocenters. The Morgan fingerprint density at radius 1 is 1.04 bits per heavy atom. The largest absolute Gasteiger partial charge is 0.416 e. The zero-order valence-corrected chi connectivity index (χ0v) is 14.5. The molecule has 0 unspecified atom stereocenters. The van der Waals surface area contributed by atoms with Crippen LogP contribution in [0, 0.1) is 5.82 Å². The van der Waals surface area contributed by atoms with Crippen LogP contribution < -0.4 is 10.6 Å². The third-order valence-electron chi connectivity index (χ3n) is 3.43. The molecule has 2 rings (SSSR count). The van der Waals surface area contributed by atoms with Crippen LogP contribution in [0.1, 0.15) is 16.7 Å². The van der Waals surface area contributed by atoms with Crippen molar-refractivity contribution < 1.29 is 17.6 Å². The molecule has 0 aliphatic heterocycles. The van der Waals surface area contributed by atoms with Gasteiger partial charge in [0.1, 0.15) is 5.82 Å². The Morgan fingerprint density at radius 3 is 2.32 bits per heavy atom. The molecule has 0 saturated carbocycles. The van der Waals surface area contributed by atoms with Crippen molar-refractivity contribution >= 4 is 28.9 Å². The van der Waals surface area contributed by atoms with E-state index in [-0.39, 0.29) is 12.1 Å². The van der Waals surface area contributed by atoms with E-state index < -0.39 is 17.6 Å². The Kier molecular flexibility index (Phi) is 6.61. The maximum absolute atomic E-state index is 13.7. The molecule has 2 aromatic carbocycles. The van der Waals surface area contributed by atoms with Gasteiger partial charge >= 0.3 is 6.18 Å². The maximum atomic E-state index is 13.7. The molecular weight excluding hydrogens is 376 g/mol. The van der Waals surface area contributed by atoms with E-state index in [1.165, 1.54) is 0 Å². The highest BCUT2D eigenvalue weighted by molar-refractivity contribution is 7.80. The molecule has 8 heteroatoms. The summed E-state index contributed by atoms with van der Waals surface area (Å²) in [4.78, 5) is 0. The molecule has 2 nitrogen and oxygen atoms in total. The second kappa shape index (κ2) is 8.49. The summed E-state index contributed by atoms with van der Waals surface area (Å²) in [7, 11) is 0. The molecule has 0 heterocycles. The Hall–Kier alpha value is -1.86. The zero-order chi connectivity index (χ0) is 18.4. The minimum absolute atomic E-state index is 0.00323. The van der Waals surface area contributed by atoms with Crippen molar-refractivity contribution in [3.63, 3.8) is 0 Å². The average Bonchev–Trinajstić information content (AvgIpc) is 2.54. The molecule has 2 aromatic rings. The first kappa shape index (κ1) is 19.5. The van der Waals surface area contributed by atoms with Crippen LogP contribution in [0.5, 0.6) is 0 Å². The fourth-order valence-corrected chi connectivity index (χ4v) is 2.38. The van der Waals surface area contributed by atoms with E-state index in [1.807, 2.05) is 12.1 Å². The van der Waals surface area contributed by atoms with Crippen LogP contribution in [0.15, 0.2) is 42.5 Å². The van der Waals surface area contributed by atoms with Crippen molar-refractivity contribution in [3.8, 4) is 0 Å². The summed E-state index contributed by atoms with van der Waals surface area (Å²) >= 11 is 10.9. The Labute approximate surface area is 153 Å². The van der Waals surface area contributed by atoms with Crippen LogP contribution in [0.4, 0.5) is 17.6 Å². The summed E-state index contributed by atoms with van der Waals surface area (Å²) in [5.41, 5.74) is 0.167. The highest BCUT2D eigenvalue weighted by atomic mass is 35.5. The summed E-state index contributed by atoms with van der Waals surface area (Å²) in [6.07, 6.45) is -3.85. The lowest BCUT2D eigenvalue weighted by atomic mass is 10.1. The maximum Gasteiger partial charge on any atom is 0.416 e. The summed E-state index contributed by atoms with van der Waals surface area (Å²) < 4.78 is 51.2. The minimum atomic E-state index is -4.56. The predicted molar refractivity (Wildman–Crippen MR) is 94.0 cm³/mol. The Balaban J connectivity index is 1.79. The topological polar surface area (TPSA) is 24.1 Å². The molecule has 0 spiro atoms. The van der Waals surface area contributed by atoms with Gasteiger partial charge in [0.2, 0.25) is 0 Å². The quantitative estimate of drug-likeness (QED) is 0.571. The van der Waals surface area contributed by atoms with Crippen LogP contribution in [0.25, 0.3) is 0 Å². The molecule has 0 aliphatic rings. The van der Waals surface area contributed by atoms with Crippen molar-refractivity contribution in [1.29, 1.82) is 0 Å². The third-order valence-corrected chi connectivity index (χ3v) is 3.97. The fourth-order valence-electron chi connectivity index (χ4n) is 2.08. The van der Waals surface area contributed by atoms with Crippen molar-refractivity contribution in [2.75, 3.05) is 6.54 Å². The van der Waals surface area contributed by atoms with Crippen molar-refractivity contribution in [1.82, 2.24) is 10.6 Å². The van der Waals surface area contributed by atoms with Gasteiger partial charge in [-0.25, -0.2) is 4.39 Å². The van der Waals surface area contributed by atoms with E-state index in [4.69, 9.17) is 23.8 Å². The second-order valence-electron chi connectivity index (χ2n) is 5.29. The molecule has 0 fully saturated rings. The highest BCUT2D eigenvalue weighted by Crippen LogP contribution is 2.30. The van der Waals surface area contributed by atoms with Crippen molar-refractivity contribution in [2.45, 2.75) is 19.1 Å². The monoisotopic (exact) mass is 390 g/mol. The van der Waals surface area contributed by atoms with E-state index in [9.17, 15) is 17.6 Å². The van der Waals surface area contributed by atoms with Crippen LogP contribution in [-0.4, -0.2) is 11.7 Å². The lowest BCUT2D eigenvalue weighted by Crippen LogP contribution is -2.36. The molecule has 2 N–H and O–H groups in total. The minimum Gasteiger partial charge on any atom is -0.362 e. The average molecular weight is 391 g/mol. The Bertz CT molecular complexity index is 732. The van der Waals surface area contributed by atoms with Crippen molar-refractivity contribution in [3.05, 3.63) is 70.0 Å². The Morgan fingerprint density at radius 2 is 1.72 bits per heavy atom. The lowest BCUT2D eigenvalue weighted by Gasteiger charge is -2.12. The molecule has 0 bridgehead atoms. The summed E-state index contributed by atoms with van der Waals surface area (Å²) in [5.74, 6) is -0.925. The van der Waals surface area contributed by atoms with E-state index in [2.05, 4.69) is 10.6 Å². The van der Waals surface area contributed by atoms with Gasteiger partial charge in [0, 0.05) is 23.7 Å². The highest BCUT2D eigenvalue weighted by Gasteiger charge is 2.31. The predicted octanol–water partition coefficient (Wildman–Crippen LogP) is 4.70. The van der Waals surface area contributed by atoms with Gasteiger partial charge < -0.3 is 10.6 Å². The van der Waals surface area contributed by atoms with Crippen LogP contribution in [0.2, 0.25) is 5.02 Å². The number of benzene rings is 2. The zero-order valence-electron chi connectivity index (χ0n) is 13.0. The van der Waals surface area contributed by atoms with E-state index >= 15 is 0 Å². The first-order valence-corrected chi connectivity index (χ1v) is 8.16. The van der Waals surface area contributed by atoms with E-state index in [1.54, 1.807) is 12.1 Å². The van der Waals surface area contributed by atoms with Crippen LogP contribution in [0.3, 0.4) is 0 Å². The van der Waals surface area contributed by atoms with E-state index in [0.717, 1.165) is 17.7 Å². The summed E-state index contributed by atoms with van der Waals surface area (Å²) in [5, 5.41) is 6.69. The normalized spacial score (nSPS) is 11.2. The van der Waals surface area contributed by atoms with Gasteiger partial charge in [-0.05, 0) is 48.5 Å². The number of alkyl halides is 3. The number of hydrogen-bond acceptors (Lipinski definition) is 1. The molecule has 134 valence electrons. The SMILES string of the molecule is Fc1cc(C(F)(F)F)ccc1CNC(=S)NCCc1ccc(Cl)cc1. The van der Waals surface area contributed by atoms with Gasteiger partial charge in [-0.2, -0.15) is 13.2 Å². The van der Waals surface area contributed by atoms with Gasteiger partial charge in [-0.15, -0.1) is 0 Å². The number of thiocarbonyl (C=S) groups is 1. The molecule has 0 aromatic heterocycles. The number of halogens is 5. The first-order chi connectivity index (χ1) is 11.8. The molecule has 0 amide bonds. The molecule has 0 aliphatic carbocycles. The standard InChI is InChI=1S/C17H15ClF4N2S/c18-14-5-1-11(2-6-14)7-8-23-16(25)24-10-12-3-4-13(9-15(12)19)17(20,21)22/h1-6,9H,7-8,10H2,(H2,23,24,25). The fraction of sp³-hybridized carbons (Fsp3) is 0.235. The van der Waals surface area contributed by atoms with Crippen LogP contribution >= 0.6 is 23.8 Å². The molecular formula is C17H15ClF4N2S. The molecule has 25 heavy (non-hydrogen) atoms. The van der Waals surface area contributed by atoms with E-state index in [0.29, 0.717) is 29.2 Å². The smallest absolute Gasteiger partial charge is 0.362 e. The number of rotatable bonds is 5.